The summed E-state index contributed by atoms with van der Waals surface area (Å²) in [6.45, 7) is 9.30. The normalized spacial score (nSPS) is 14.1. The average Bonchev–Trinajstić information content (AvgIpc) is 3.58. The average molecular weight is 628 g/mol. The molecule has 0 bridgehead atoms. The zero-order valence-electron chi connectivity index (χ0n) is 25.8. The number of hydrogen-bond donors (Lipinski definition) is 0. The molecule has 0 aromatic heterocycles. The van der Waals surface area contributed by atoms with Gasteiger partial charge in [0, 0.05) is 0 Å². The van der Waals surface area contributed by atoms with E-state index in [0.717, 1.165) is 12.8 Å². The molecule has 0 nitrogen and oxygen atoms in total. The van der Waals surface area contributed by atoms with Gasteiger partial charge in [0.1, 0.15) is 0 Å². The van der Waals surface area contributed by atoms with Crippen molar-refractivity contribution in [1.29, 1.82) is 0 Å². The predicted molar refractivity (Wildman–Crippen MR) is 178 cm³/mol. The van der Waals surface area contributed by atoms with Crippen LogP contribution < -0.4 is 0 Å². The molecule has 0 saturated heterocycles. The fraction of sp³-hybridized carbons (Fsp3) is 0.293. The maximum atomic E-state index is 2.72. The first kappa shape index (κ1) is 29.2. The van der Waals surface area contributed by atoms with E-state index in [1.165, 1.54) is 65.5 Å². The molecule has 1 heteroatoms. The number of hydrogen-bond acceptors (Lipinski definition) is 0. The van der Waals surface area contributed by atoms with Crippen LogP contribution in [-0.4, -0.2) is 3.21 Å². The minimum absolute atomic E-state index is 0.473. The van der Waals surface area contributed by atoms with Crippen LogP contribution in [0.2, 0.25) is 0 Å². The van der Waals surface area contributed by atoms with Crippen molar-refractivity contribution in [2.75, 3.05) is 0 Å². The molecule has 0 atom stereocenters. The van der Waals surface area contributed by atoms with Gasteiger partial charge in [-0.25, -0.2) is 0 Å². The van der Waals surface area contributed by atoms with Crippen LogP contribution in [0.1, 0.15) is 96.8 Å². The van der Waals surface area contributed by atoms with Crippen LogP contribution in [0, 0.1) is 0 Å². The minimum atomic E-state index is -2.70. The van der Waals surface area contributed by atoms with Gasteiger partial charge in [0.15, 0.2) is 0 Å². The SMILES string of the molecule is CCCC1=C(CCC)C[C]([Zr](=[C](c2ccccc2)c2ccccc2)[CH]2c3cc(CC)ccc3-c3ccc(CC)cc32)=C1. The molecule has 42 heavy (non-hydrogen) atoms. The van der Waals surface area contributed by atoms with E-state index in [-0.39, 0.29) is 0 Å². The molecule has 2 aliphatic rings. The van der Waals surface area contributed by atoms with Crippen molar-refractivity contribution < 1.29 is 21.3 Å². The van der Waals surface area contributed by atoms with Crippen LogP contribution in [0.15, 0.2) is 118 Å². The van der Waals surface area contributed by atoms with Crippen LogP contribution in [0.25, 0.3) is 11.1 Å². The first-order valence-corrected chi connectivity index (χ1v) is 20.1. The van der Waals surface area contributed by atoms with Crippen molar-refractivity contribution in [2.24, 2.45) is 0 Å². The Hall–Kier alpha value is -2.89. The zero-order valence-corrected chi connectivity index (χ0v) is 28.3. The summed E-state index contributed by atoms with van der Waals surface area (Å²) in [6.07, 6.45) is 10.9. The molecule has 0 spiro atoms. The third-order valence-electron chi connectivity index (χ3n) is 9.27. The van der Waals surface area contributed by atoms with E-state index in [0.29, 0.717) is 3.63 Å². The van der Waals surface area contributed by atoms with Crippen molar-refractivity contribution in [3.05, 3.63) is 151 Å². The zero-order chi connectivity index (χ0) is 29.1. The quantitative estimate of drug-likeness (QED) is 0.164. The van der Waals surface area contributed by atoms with Gasteiger partial charge in [-0.2, -0.15) is 0 Å². The first-order chi connectivity index (χ1) is 20.7. The van der Waals surface area contributed by atoms with Gasteiger partial charge in [-0.3, -0.25) is 0 Å². The summed E-state index contributed by atoms with van der Waals surface area (Å²) in [5.41, 5.74) is 15.3. The summed E-state index contributed by atoms with van der Waals surface area (Å²) in [5, 5.41) is 0. The third-order valence-corrected chi connectivity index (χ3v) is 17.4. The van der Waals surface area contributed by atoms with Crippen molar-refractivity contribution in [1.82, 2.24) is 0 Å². The Bertz CT molecular complexity index is 1570. The van der Waals surface area contributed by atoms with Crippen LogP contribution >= 0.6 is 0 Å². The number of fused-ring (bicyclic) bond motifs is 3. The fourth-order valence-electron chi connectivity index (χ4n) is 7.24. The molecule has 0 aliphatic heterocycles. The molecule has 0 N–H and O–H groups in total. The summed E-state index contributed by atoms with van der Waals surface area (Å²) in [6, 6.07) is 37.6. The Balaban J connectivity index is 1.70. The van der Waals surface area contributed by atoms with E-state index in [1.807, 2.05) is 0 Å². The monoisotopic (exact) mass is 626 g/mol. The Kier molecular flexibility index (Phi) is 9.16. The van der Waals surface area contributed by atoms with E-state index in [1.54, 1.807) is 28.8 Å². The van der Waals surface area contributed by atoms with Crippen molar-refractivity contribution in [2.45, 2.75) is 76.3 Å². The van der Waals surface area contributed by atoms with Gasteiger partial charge in [-0.1, -0.05) is 0 Å². The maximum absolute atomic E-state index is 2.72. The number of aryl methyl sites for hydroxylation is 2. The number of benzene rings is 4. The number of rotatable bonds is 10. The Morgan fingerprint density at radius 1 is 0.643 bits per heavy atom. The summed E-state index contributed by atoms with van der Waals surface area (Å²) >= 11 is -2.70. The second-order valence-corrected chi connectivity index (χ2v) is 18.2. The second-order valence-electron chi connectivity index (χ2n) is 12.0. The molecule has 0 saturated carbocycles. The van der Waals surface area contributed by atoms with E-state index in [4.69, 9.17) is 0 Å². The Morgan fingerprint density at radius 3 is 1.64 bits per heavy atom. The molecular weight excluding hydrogens is 584 g/mol. The molecule has 0 heterocycles. The van der Waals surface area contributed by atoms with Gasteiger partial charge in [0.25, 0.3) is 0 Å². The van der Waals surface area contributed by atoms with Gasteiger partial charge in [0.05, 0.1) is 0 Å². The van der Waals surface area contributed by atoms with Crippen LogP contribution in [0.4, 0.5) is 0 Å². The van der Waals surface area contributed by atoms with Crippen molar-refractivity contribution in [3.8, 4) is 11.1 Å². The van der Waals surface area contributed by atoms with Gasteiger partial charge >= 0.3 is 263 Å². The van der Waals surface area contributed by atoms with Crippen molar-refractivity contribution in [3.63, 3.8) is 0 Å². The molecule has 2 aliphatic carbocycles. The molecule has 0 unspecified atom stereocenters. The fourth-order valence-corrected chi connectivity index (χ4v) is 16.5. The summed E-state index contributed by atoms with van der Waals surface area (Å²) in [7, 11) is 0. The van der Waals surface area contributed by atoms with Crippen LogP contribution in [0.5, 0.6) is 0 Å². The Labute approximate surface area is 261 Å². The van der Waals surface area contributed by atoms with E-state index in [9.17, 15) is 0 Å². The molecule has 212 valence electrons. The second kappa shape index (κ2) is 13.2. The predicted octanol–water partition coefficient (Wildman–Crippen LogP) is 11.0. The topological polar surface area (TPSA) is 0 Å². The molecule has 0 radical (unpaired) electrons. The Morgan fingerprint density at radius 2 is 1.17 bits per heavy atom. The summed E-state index contributed by atoms with van der Waals surface area (Å²) in [5.74, 6) is 0. The number of allylic oxidation sites excluding steroid dienone is 4. The molecule has 4 aromatic rings. The van der Waals surface area contributed by atoms with Crippen LogP contribution in [0.3, 0.4) is 0 Å². The molecule has 0 amide bonds. The van der Waals surface area contributed by atoms with Gasteiger partial charge < -0.3 is 0 Å². The van der Waals surface area contributed by atoms with E-state index in [2.05, 4.69) is 131 Å². The van der Waals surface area contributed by atoms with Crippen molar-refractivity contribution >= 4 is 3.21 Å². The molecular formula is C41H44Zr. The molecule has 4 aromatic carbocycles. The van der Waals surface area contributed by atoms with Crippen LogP contribution in [-0.2, 0) is 34.1 Å². The first-order valence-electron chi connectivity index (χ1n) is 16.2. The summed E-state index contributed by atoms with van der Waals surface area (Å²) in [4.78, 5) is 0. The van der Waals surface area contributed by atoms with E-state index < -0.39 is 21.3 Å². The van der Waals surface area contributed by atoms with Gasteiger partial charge in [0.2, 0.25) is 0 Å². The standard InChI is InChI=1S/C17H17.C13H10.C11H17.Zr/c1-3-12-5-7-16-14(9-12)11-15-10-13(4-2)6-8-17(15)16;1-3-7-12(8-4-1)11-13-9-5-2-6-10-13;1-3-6-10-8-5-9-11(10)7-4-2;/h5-11H,3-4H2,1-2H3;1-10H;8H,3-4,6-7,9H2,1-2H3;. The molecule has 6 rings (SSSR count). The van der Waals surface area contributed by atoms with Gasteiger partial charge in [-0.05, 0) is 0 Å². The van der Waals surface area contributed by atoms with Gasteiger partial charge in [-0.15, -0.1) is 0 Å². The molecule has 0 fully saturated rings. The summed E-state index contributed by atoms with van der Waals surface area (Å²) < 4.78 is 3.92. The van der Waals surface area contributed by atoms with E-state index >= 15 is 0 Å². The third kappa shape index (κ3) is 5.58.